The van der Waals surface area contributed by atoms with Crippen LogP contribution in [0.15, 0.2) is 24.3 Å². The number of hydrogen-bond acceptors (Lipinski definition) is 3. The van der Waals surface area contributed by atoms with Crippen molar-refractivity contribution in [3.05, 3.63) is 35.4 Å². The van der Waals surface area contributed by atoms with E-state index in [1.807, 2.05) is 18.2 Å². The second kappa shape index (κ2) is 7.55. The third-order valence-electron chi connectivity index (χ3n) is 3.82. The van der Waals surface area contributed by atoms with Gasteiger partial charge in [-0.3, -0.25) is 4.79 Å². The Morgan fingerprint density at radius 1 is 1.30 bits per heavy atom. The number of ether oxygens (including phenoxy) is 1. The Bertz CT molecular complexity index is 444. The van der Waals surface area contributed by atoms with Crippen LogP contribution >= 0.6 is 0 Å². The van der Waals surface area contributed by atoms with Gasteiger partial charge in [0.2, 0.25) is 0 Å². The first-order valence-electron chi connectivity index (χ1n) is 7.70. The monoisotopic (exact) mass is 275 g/mol. The standard InChI is InChI=1S/C17H25NO2/c1-3-6-13-7-5-8-14(10-13)17(19)15-11-20-12-16(15)18-9-4-2/h5,7-8,10,15-16,18H,3-4,6,9,11-12H2,1-2H3. The van der Waals surface area contributed by atoms with Gasteiger partial charge in [-0.25, -0.2) is 0 Å². The molecule has 1 aromatic rings. The SMILES string of the molecule is CCCNC1COCC1C(=O)c1cccc(CCC)c1. The maximum absolute atomic E-state index is 12.7. The fraction of sp³-hybridized carbons (Fsp3) is 0.588. The van der Waals surface area contributed by atoms with Crippen LogP contribution in [0.3, 0.4) is 0 Å². The Morgan fingerprint density at radius 2 is 2.15 bits per heavy atom. The van der Waals surface area contributed by atoms with Crippen LogP contribution in [0.1, 0.15) is 42.6 Å². The summed E-state index contributed by atoms with van der Waals surface area (Å²) in [6.45, 7) is 6.41. The van der Waals surface area contributed by atoms with Crippen LogP contribution in [0.2, 0.25) is 0 Å². The van der Waals surface area contributed by atoms with E-state index >= 15 is 0 Å². The minimum absolute atomic E-state index is 0.0431. The Morgan fingerprint density at radius 3 is 2.90 bits per heavy atom. The van der Waals surface area contributed by atoms with E-state index in [1.54, 1.807) is 0 Å². The van der Waals surface area contributed by atoms with E-state index in [1.165, 1.54) is 5.56 Å². The van der Waals surface area contributed by atoms with E-state index in [0.717, 1.165) is 31.4 Å². The summed E-state index contributed by atoms with van der Waals surface area (Å²) in [6.07, 6.45) is 3.20. The highest BCUT2D eigenvalue weighted by molar-refractivity contribution is 5.98. The first kappa shape index (κ1) is 15.2. The topological polar surface area (TPSA) is 38.3 Å². The maximum atomic E-state index is 12.7. The zero-order chi connectivity index (χ0) is 14.4. The molecule has 1 saturated heterocycles. The van der Waals surface area contributed by atoms with Gasteiger partial charge in [-0.2, -0.15) is 0 Å². The lowest BCUT2D eigenvalue weighted by Crippen LogP contribution is -2.39. The molecule has 110 valence electrons. The van der Waals surface area contributed by atoms with Crippen molar-refractivity contribution in [3.63, 3.8) is 0 Å². The number of rotatable bonds is 7. The molecular weight excluding hydrogens is 250 g/mol. The predicted molar refractivity (Wildman–Crippen MR) is 81.2 cm³/mol. The maximum Gasteiger partial charge on any atom is 0.169 e. The average Bonchev–Trinajstić information content (AvgIpc) is 2.93. The average molecular weight is 275 g/mol. The summed E-state index contributed by atoms with van der Waals surface area (Å²) in [5, 5.41) is 3.43. The first-order chi connectivity index (χ1) is 9.76. The Kier molecular flexibility index (Phi) is 5.74. The van der Waals surface area contributed by atoms with Crippen molar-refractivity contribution in [2.45, 2.75) is 39.2 Å². The zero-order valence-corrected chi connectivity index (χ0v) is 12.5. The number of Topliss-reactive ketones (excluding diaryl/α,β-unsaturated/α-hetero) is 1. The summed E-state index contributed by atoms with van der Waals surface area (Å²) in [5.41, 5.74) is 2.07. The summed E-state index contributed by atoms with van der Waals surface area (Å²) in [4.78, 5) is 12.7. The number of nitrogens with one attached hydrogen (secondary N) is 1. The molecule has 20 heavy (non-hydrogen) atoms. The number of hydrogen-bond donors (Lipinski definition) is 1. The van der Waals surface area contributed by atoms with Crippen LogP contribution in [0.4, 0.5) is 0 Å². The number of carbonyl (C=O) groups excluding carboxylic acids is 1. The van der Waals surface area contributed by atoms with Crippen LogP contribution in [0, 0.1) is 5.92 Å². The molecule has 0 radical (unpaired) electrons. The van der Waals surface area contributed by atoms with Gasteiger partial charge < -0.3 is 10.1 Å². The molecule has 2 rings (SSSR count). The normalized spacial score (nSPS) is 22.1. The predicted octanol–water partition coefficient (Wildman–Crippen LogP) is 2.84. The molecule has 1 aliphatic rings. The van der Waals surface area contributed by atoms with Crippen molar-refractivity contribution in [2.75, 3.05) is 19.8 Å². The third-order valence-corrected chi connectivity index (χ3v) is 3.82. The third kappa shape index (κ3) is 3.68. The van der Waals surface area contributed by atoms with E-state index in [2.05, 4.69) is 25.2 Å². The van der Waals surface area contributed by atoms with Crippen LogP contribution in [-0.4, -0.2) is 31.6 Å². The fourth-order valence-electron chi connectivity index (χ4n) is 2.73. The van der Waals surface area contributed by atoms with E-state index < -0.39 is 0 Å². The molecule has 3 nitrogen and oxygen atoms in total. The quantitative estimate of drug-likeness (QED) is 0.778. The second-order valence-corrected chi connectivity index (χ2v) is 5.52. The molecule has 1 aliphatic heterocycles. The van der Waals surface area contributed by atoms with E-state index in [0.29, 0.717) is 13.2 Å². The highest BCUT2D eigenvalue weighted by Crippen LogP contribution is 2.20. The highest BCUT2D eigenvalue weighted by atomic mass is 16.5. The molecule has 0 bridgehead atoms. The highest BCUT2D eigenvalue weighted by Gasteiger charge is 2.33. The van der Waals surface area contributed by atoms with Gasteiger partial charge >= 0.3 is 0 Å². The summed E-state index contributed by atoms with van der Waals surface area (Å²) >= 11 is 0. The van der Waals surface area contributed by atoms with Gasteiger partial charge in [-0.05, 0) is 31.0 Å². The fourth-order valence-corrected chi connectivity index (χ4v) is 2.73. The molecule has 1 heterocycles. The van der Waals surface area contributed by atoms with Gasteiger partial charge in [0, 0.05) is 11.6 Å². The van der Waals surface area contributed by atoms with Crippen molar-refractivity contribution in [2.24, 2.45) is 5.92 Å². The van der Waals surface area contributed by atoms with Crippen LogP contribution in [-0.2, 0) is 11.2 Å². The molecule has 1 N–H and O–H groups in total. The summed E-state index contributed by atoms with van der Waals surface area (Å²) in [7, 11) is 0. The largest absolute Gasteiger partial charge is 0.379 e. The van der Waals surface area contributed by atoms with Gasteiger partial charge in [-0.1, -0.05) is 38.5 Å². The Labute approximate surface area is 121 Å². The van der Waals surface area contributed by atoms with Crippen LogP contribution in [0.5, 0.6) is 0 Å². The van der Waals surface area contributed by atoms with Gasteiger partial charge in [0.15, 0.2) is 5.78 Å². The molecule has 0 aliphatic carbocycles. The number of ketones is 1. The number of aryl methyl sites for hydroxylation is 1. The van der Waals surface area contributed by atoms with E-state index in [9.17, 15) is 4.79 Å². The molecule has 1 fully saturated rings. The zero-order valence-electron chi connectivity index (χ0n) is 12.5. The molecule has 0 aromatic heterocycles. The molecule has 0 spiro atoms. The van der Waals surface area contributed by atoms with Crippen LogP contribution < -0.4 is 5.32 Å². The Hall–Kier alpha value is -1.19. The second-order valence-electron chi connectivity index (χ2n) is 5.52. The number of carbonyl (C=O) groups is 1. The van der Waals surface area contributed by atoms with Crippen molar-refractivity contribution < 1.29 is 9.53 Å². The van der Waals surface area contributed by atoms with Crippen molar-refractivity contribution in [1.82, 2.24) is 5.32 Å². The van der Waals surface area contributed by atoms with Crippen molar-refractivity contribution >= 4 is 5.78 Å². The minimum Gasteiger partial charge on any atom is -0.379 e. The number of benzene rings is 1. The lowest BCUT2D eigenvalue weighted by atomic mass is 9.92. The van der Waals surface area contributed by atoms with Crippen LogP contribution in [0.25, 0.3) is 0 Å². The molecular formula is C17H25NO2. The summed E-state index contributed by atoms with van der Waals surface area (Å²) in [6, 6.07) is 8.22. The smallest absolute Gasteiger partial charge is 0.169 e. The minimum atomic E-state index is -0.0431. The van der Waals surface area contributed by atoms with Gasteiger partial charge in [0.1, 0.15) is 0 Å². The van der Waals surface area contributed by atoms with Crippen molar-refractivity contribution in [1.29, 1.82) is 0 Å². The Balaban J connectivity index is 2.07. The summed E-state index contributed by atoms with van der Waals surface area (Å²) in [5.74, 6) is 0.174. The molecule has 0 amide bonds. The van der Waals surface area contributed by atoms with Gasteiger partial charge in [0.05, 0.1) is 19.1 Å². The van der Waals surface area contributed by atoms with E-state index in [-0.39, 0.29) is 17.7 Å². The first-order valence-corrected chi connectivity index (χ1v) is 7.70. The van der Waals surface area contributed by atoms with Gasteiger partial charge in [-0.15, -0.1) is 0 Å². The lowest BCUT2D eigenvalue weighted by Gasteiger charge is -2.18. The molecule has 1 aromatic carbocycles. The van der Waals surface area contributed by atoms with Gasteiger partial charge in [0.25, 0.3) is 0 Å². The molecule has 2 atom stereocenters. The summed E-state index contributed by atoms with van der Waals surface area (Å²) < 4.78 is 5.50. The molecule has 0 saturated carbocycles. The molecule has 2 unspecified atom stereocenters. The van der Waals surface area contributed by atoms with E-state index in [4.69, 9.17) is 4.74 Å². The molecule has 3 heteroatoms. The lowest BCUT2D eigenvalue weighted by molar-refractivity contribution is 0.0891. The van der Waals surface area contributed by atoms with Crippen molar-refractivity contribution in [3.8, 4) is 0 Å².